The third kappa shape index (κ3) is 21.9. The number of carbonyl (C=O) groups excluding carboxylic acids is 4. The summed E-state index contributed by atoms with van der Waals surface area (Å²) in [5, 5.41) is 8.45. The van der Waals surface area contributed by atoms with Gasteiger partial charge < -0.3 is 28.9 Å². The SMILES string of the molecule is CC1(C)CCCC(C)(C)N1OC(COC(=O)c1ccc(-c2c3nc(c(-c4ccc(C(=O)OCC(ON5C(C)(C)CCCC5(C)C)c5ccccc5)cc4)c4ccc([nH]4)c(-c4ccc(C(=O)OCC(ON5C(C)(C)CCCC5(C)C)c5ccccc5)cc4)c4nc(c(-c5ccc(C(=O)OCC(ON6C(C)(C)CCCC6(C)C)c6ccccc6)cc5)c5ccc2[nH]5)C=C4)C=C3)cc1)c1ccccc1.[Pd+2]. The van der Waals surface area contributed by atoms with Crippen LogP contribution in [0.2, 0.25) is 0 Å². The zero-order valence-corrected chi connectivity index (χ0v) is 83.5. The molecule has 4 saturated heterocycles. The molecular weight excluding hydrogens is 1800 g/mol. The van der Waals surface area contributed by atoms with E-state index in [1.807, 2.05) is 218 Å². The monoisotopic (exact) mass is 1930 g/mol. The van der Waals surface area contributed by atoms with Gasteiger partial charge in [0.05, 0.1) is 45.0 Å². The minimum atomic E-state index is -0.590. The molecular formula is C116H130N8O12Pd+2. The van der Waals surface area contributed by atoms with Crippen molar-refractivity contribution >= 4 is 70.2 Å². The molecule has 0 saturated carbocycles. The summed E-state index contributed by atoms with van der Waals surface area (Å²) < 4.78 is 25.2. The summed E-state index contributed by atoms with van der Waals surface area (Å²) in [4.78, 5) is 106. The second-order valence-electron chi connectivity index (χ2n) is 42.3. The van der Waals surface area contributed by atoms with E-state index in [4.69, 9.17) is 48.3 Å². The molecule has 0 radical (unpaired) electrons. The number of piperidine rings is 4. The Morgan fingerprint density at radius 3 is 0.613 bits per heavy atom. The van der Waals surface area contributed by atoms with E-state index in [1.165, 1.54) is 0 Å². The van der Waals surface area contributed by atoms with Crippen LogP contribution in [0.25, 0.3) is 90.9 Å². The Morgan fingerprint density at radius 1 is 0.263 bits per heavy atom. The van der Waals surface area contributed by atoms with Gasteiger partial charge in [-0.2, -0.15) is 20.3 Å². The van der Waals surface area contributed by atoms with E-state index >= 15 is 0 Å². The molecule has 3 aromatic heterocycles. The average Bonchev–Trinajstić information content (AvgIpc) is 1.55. The summed E-state index contributed by atoms with van der Waals surface area (Å²) in [6.45, 7) is 35.1. The second kappa shape index (κ2) is 40.6. The van der Waals surface area contributed by atoms with E-state index in [-0.39, 0.29) is 91.2 Å². The number of aromatic amines is 2. The van der Waals surface area contributed by atoms with Gasteiger partial charge in [-0.15, -0.1) is 0 Å². The molecule has 9 heterocycles. The Morgan fingerprint density at radius 2 is 0.438 bits per heavy atom. The first-order chi connectivity index (χ1) is 65.0. The van der Waals surface area contributed by atoms with Crippen molar-refractivity contribution < 1.29 is 77.9 Å². The van der Waals surface area contributed by atoms with Gasteiger partial charge in [-0.1, -0.05) is 170 Å². The van der Waals surface area contributed by atoms with Gasteiger partial charge in [0, 0.05) is 88.6 Å². The number of rotatable bonds is 28. The van der Waals surface area contributed by atoms with Gasteiger partial charge in [-0.3, -0.25) is 19.4 Å². The summed E-state index contributed by atoms with van der Waals surface area (Å²) >= 11 is 0. The first-order valence-corrected chi connectivity index (χ1v) is 48.3. The van der Waals surface area contributed by atoms with Crippen molar-refractivity contribution in [1.29, 1.82) is 0 Å². The fourth-order valence-electron chi connectivity index (χ4n) is 21.4. The van der Waals surface area contributed by atoms with Crippen molar-refractivity contribution in [2.24, 2.45) is 0 Å². The molecule has 8 aromatic carbocycles. The molecule has 714 valence electrons. The molecule has 8 bridgehead atoms. The van der Waals surface area contributed by atoms with E-state index in [2.05, 4.69) is 141 Å². The molecule has 6 aliphatic heterocycles. The molecule has 6 aliphatic rings. The summed E-state index contributed by atoms with van der Waals surface area (Å²) in [5.41, 5.74) is 13.6. The van der Waals surface area contributed by atoms with E-state index < -0.39 is 48.3 Å². The Hall–Kier alpha value is -11.4. The molecule has 0 spiro atoms. The first-order valence-electron chi connectivity index (χ1n) is 48.3. The molecule has 21 heteroatoms. The summed E-state index contributed by atoms with van der Waals surface area (Å²) in [6.07, 6.45) is 17.6. The Bertz CT molecular complexity index is 5560. The molecule has 11 aromatic rings. The molecule has 20 nitrogen and oxygen atoms in total. The third-order valence-electron chi connectivity index (χ3n) is 28.2. The zero-order chi connectivity index (χ0) is 95.7. The molecule has 0 amide bonds. The average molecular weight is 1930 g/mol. The largest absolute Gasteiger partial charge is 2.00 e. The van der Waals surface area contributed by atoms with Crippen LogP contribution >= 0.6 is 0 Å². The minimum Gasteiger partial charge on any atom is -0.459 e. The maximum atomic E-state index is 14.7. The van der Waals surface area contributed by atoms with Crippen LogP contribution in [-0.4, -0.2) is 135 Å². The molecule has 0 aliphatic carbocycles. The van der Waals surface area contributed by atoms with E-state index in [0.717, 1.165) is 122 Å². The number of esters is 4. The van der Waals surface area contributed by atoms with Gasteiger partial charge in [0.25, 0.3) is 0 Å². The van der Waals surface area contributed by atoms with Gasteiger partial charge in [0.15, 0.2) is 0 Å². The van der Waals surface area contributed by atoms with Gasteiger partial charge in [-0.05, 0) is 329 Å². The predicted molar refractivity (Wildman–Crippen MR) is 538 cm³/mol. The van der Waals surface area contributed by atoms with Crippen LogP contribution in [0.5, 0.6) is 0 Å². The Balaban J connectivity index is 0.0000136. The Kier molecular flexibility index (Phi) is 29.2. The van der Waals surface area contributed by atoms with Crippen molar-refractivity contribution in [2.45, 2.75) is 257 Å². The molecule has 2 N–H and O–H groups in total. The number of hydrogen-bond acceptors (Lipinski definition) is 18. The van der Waals surface area contributed by atoms with Crippen molar-refractivity contribution in [3.8, 4) is 44.5 Å². The van der Waals surface area contributed by atoms with Crippen molar-refractivity contribution in [3.05, 3.63) is 310 Å². The van der Waals surface area contributed by atoms with Crippen LogP contribution in [0, 0.1) is 0 Å². The Labute approximate surface area is 820 Å². The second-order valence-corrected chi connectivity index (χ2v) is 42.3. The number of ether oxygens (including phenoxy) is 4. The van der Waals surface area contributed by atoms with Crippen molar-refractivity contribution in [1.82, 2.24) is 40.2 Å². The molecule has 4 fully saturated rings. The van der Waals surface area contributed by atoms with Gasteiger partial charge in [0.2, 0.25) is 0 Å². The standard InChI is InChI=1S/C116H130N8O12.Pd/c1-109(2)65-29-66-110(3,4)121(109)133-97(77-33-21-17-22-34-77)73-129-105(125)85-49-41-81(42-50-85)101-89-57-59-91(117-89)102(82-43-51-86(52-44-82)106(126)130-74-98(78-35-23-18-24-36-78)134-122-111(5,6)67-30-68-112(122,7)8)93-61-63-95(119-93)104(84-47-55-88(56-48-84)108(128)132-76-100(80-39-27-20-28-40-80)136-124-115(13,14)71-32-72-116(124,15)16)96-64-62-94(120-96)103(92-60-58-90(101)118-92)83-45-53-87(54-46-83)107(127)131-75-99(79-37-25-19-26-38-79)135-123-113(9,10)69-31-70-114(123,11)12;/h17-28,33-64,97-100,117,120H,29-32,65-76H2,1-16H3;/q;+2. The minimum absolute atomic E-state index is 0. The number of hydrogen-bond donors (Lipinski definition) is 2. The van der Waals surface area contributed by atoms with Crippen LogP contribution in [0.15, 0.2) is 243 Å². The van der Waals surface area contributed by atoms with Crippen molar-refractivity contribution in [3.63, 3.8) is 0 Å². The third-order valence-corrected chi connectivity index (χ3v) is 28.2. The van der Waals surface area contributed by atoms with Gasteiger partial charge in [0.1, 0.15) is 50.8 Å². The fraction of sp³-hybridized carbons (Fsp3) is 0.379. The van der Waals surface area contributed by atoms with E-state index in [0.29, 0.717) is 89.4 Å². The summed E-state index contributed by atoms with van der Waals surface area (Å²) in [6, 6.07) is 77.5. The number of H-pyrrole nitrogens is 2. The smallest absolute Gasteiger partial charge is 0.459 e. The summed E-state index contributed by atoms with van der Waals surface area (Å²) in [7, 11) is 0. The number of benzene rings is 8. The topological polar surface area (TPSA) is 212 Å². The maximum absolute atomic E-state index is 14.7. The number of nitrogens with one attached hydrogen (secondary N) is 2. The number of fused-ring (bicyclic) bond motifs is 8. The van der Waals surface area contributed by atoms with E-state index in [9.17, 15) is 19.2 Å². The fourth-order valence-corrected chi connectivity index (χ4v) is 21.4. The van der Waals surface area contributed by atoms with Gasteiger partial charge >= 0.3 is 44.3 Å². The molecule has 4 atom stereocenters. The number of hydroxylamine groups is 8. The van der Waals surface area contributed by atoms with Crippen LogP contribution in [-0.2, 0) is 58.7 Å². The number of aromatic nitrogens is 4. The zero-order valence-electron chi connectivity index (χ0n) is 81.9. The van der Waals surface area contributed by atoms with Crippen LogP contribution in [0.3, 0.4) is 0 Å². The molecule has 17 rings (SSSR count). The number of carbonyl (C=O) groups is 4. The first kappa shape index (κ1) is 98.6. The summed E-state index contributed by atoms with van der Waals surface area (Å²) in [5.74, 6) is -2.05. The van der Waals surface area contributed by atoms with Crippen LogP contribution in [0.4, 0.5) is 0 Å². The van der Waals surface area contributed by atoms with Crippen molar-refractivity contribution in [2.75, 3.05) is 26.4 Å². The van der Waals surface area contributed by atoms with Crippen LogP contribution < -0.4 is 0 Å². The molecule has 137 heavy (non-hydrogen) atoms. The normalized spacial score (nSPS) is 18.9. The van der Waals surface area contributed by atoms with Gasteiger partial charge in [-0.25, -0.2) is 29.1 Å². The van der Waals surface area contributed by atoms with E-state index in [1.54, 1.807) is 48.5 Å². The predicted octanol–water partition coefficient (Wildman–Crippen LogP) is 26.8. The molecule has 4 unspecified atom stereocenters. The quantitative estimate of drug-likeness (QED) is 0.0265. The maximum Gasteiger partial charge on any atom is 2.00 e. The number of nitrogens with zero attached hydrogens (tertiary/aromatic N) is 6. The van der Waals surface area contributed by atoms with Crippen LogP contribution in [0.1, 0.15) is 299 Å².